The highest BCUT2D eigenvalue weighted by Crippen LogP contribution is 2.10. The van der Waals surface area contributed by atoms with Crippen LogP contribution in [0.2, 0.25) is 0 Å². The molecule has 0 aromatic carbocycles. The van der Waals surface area contributed by atoms with Gasteiger partial charge in [-0.1, -0.05) is 52.4 Å². The molecule has 0 aliphatic rings. The molecule has 20 heavy (non-hydrogen) atoms. The molecule has 0 N–H and O–H groups in total. The molecular formula is C17H36NO2+. The van der Waals surface area contributed by atoms with E-state index in [1.54, 1.807) is 0 Å². The van der Waals surface area contributed by atoms with Gasteiger partial charge in [-0.3, -0.25) is 0 Å². The maximum Gasteiger partial charge on any atom is 0.361 e. The summed E-state index contributed by atoms with van der Waals surface area (Å²) in [6, 6.07) is 0. The number of rotatable bonds is 13. The number of hydrogen-bond donors (Lipinski definition) is 0. The second-order valence-electron chi connectivity index (χ2n) is 6.51. The standard InChI is InChI=1S/C17H36NO2/c1-5-7-8-9-10-11-12-13-14-18(3,4)16-17(19)20-15-6-2/h5-16H2,1-4H3/q+1. The molecule has 0 unspecified atom stereocenters. The monoisotopic (exact) mass is 286 g/mol. The number of carbonyl (C=O) groups is 1. The van der Waals surface area contributed by atoms with E-state index < -0.39 is 0 Å². The Bertz CT molecular complexity index is 239. The van der Waals surface area contributed by atoms with E-state index in [9.17, 15) is 4.79 Å². The topological polar surface area (TPSA) is 26.3 Å². The highest BCUT2D eigenvalue weighted by Gasteiger charge is 2.20. The van der Waals surface area contributed by atoms with Crippen molar-refractivity contribution in [3.63, 3.8) is 0 Å². The number of esters is 1. The number of ether oxygens (including phenoxy) is 1. The molecule has 0 spiro atoms. The molecule has 0 heterocycles. The van der Waals surface area contributed by atoms with Gasteiger partial charge in [-0.25, -0.2) is 4.79 Å². The minimum Gasteiger partial charge on any atom is -0.462 e. The number of likely N-dealkylation sites (N-methyl/N-ethyl adjacent to an activating group) is 1. The average molecular weight is 286 g/mol. The minimum atomic E-state index is -0.0589. The number of nitrogens with zero attached hydrogens (tertiary/aromatic N) is 1. The first kappa shape index (κ1) is 19.4. The fraction of sp³-hybridized carbons (Fsp3) is 0.941. The quantitative estimate of drug-likeness (QED) is 0.289. The number of hydrogen-bond acceptors (Lipinski definition) is 2. The summed E-state index contributed by atoms with van der Waals surface area (Å²) in [5, 5.41) is 0. The zero-order chi connectivity index (χ0) is 15.3. The van der Waals surface area contributed by atoms with Gasteiger partial charge in [-0.2, -0.15) is 0 Å². The number of carbonyl (C=O) groups excluding carboxylic acids is 1. The van der Waals surface area contributed by atoms with Crippen LogP contribution < -0.4 is 0 Å². The van der Waals surface area contributed by atoms with E-state index >= 15 is 0 Å². The fourth-order valence-electron chi connectivity index (χ4n) is 2.36. The Morgan fingerprint density at radius 2 is 1.40 bits per heavy atom. The molecule has 0 amide bonds. The highest BCUT2D eigenvalue weighted by molar-refractivity contribution is 5.70. The third kappa shape index (κ3) is 12.5. The zero-order valence-electron chi connectivity index (χ0n) is 14.2. The van der Waals surface area contributed by atoms with E-state index in [2.05, 4.69) is 21.0 Å². The van der Waals surface area contributed by atoms with Crippen LogP contribution in [-0.2, 0) is 9.53 Å². The van der Waals surface area contributed by atoms with E-state index in [1.807, 2.05) is 6.92 Å². The van der Waals surface area contributed by atoms with Crippen molar-refractivity contribution in [2.75, 3.05) is 33.8 Å². The molecule has 3 heteroatoms. The molecule has 0 fully saturated rings. The summed E-state index contributed by atoms with van der Waals surface area (Å²) in [5.41, 5.74) is 0. The fourth-order valence-corrected chi connectivity index (χ4v) is 2.36. The average Bonchev–Trinajstić information content (AvgIpc) is 2.39. The lowest BCUT2D eigenvalue weighted by Gasteiger charge is -2.28. The number of quaternary nitrogens is 1. The summed E-state index contributed by atoms with van der Waals surface area (Å²) in [7, 11) is 4.24. The zero-order valence-corrected chi connectivity index (χ0v) is 14.2. The molecular weight excluding hydrogens is 250 g/mol. The van der Waals surface area contributed by atoms with Gasteiger partial charge in [0.1, 0.15) is 0 Å². The smallest absolute Gasteiger partial charge is 0.361 e. The molecule has 0 bridgehead atoms. The molecule has 0 atom stereocenters. The van der Waals surface area contributed by atoms with Crippen LogP contribution in [0.25, 0.3) is 0 Å². The second kappa shape index (κ2) is 12.2. The van der Waals surface area contributed by atoms with Crippen LogP contribution in [0.3, 0.4) is 0 Å². The Labute approximate surface area is 126 Å². The maximum atomic E-state index is 11.6. The molecule has 0 aromatic rings. The largest absolute Gasteiger partial charge is 0.462 e. The van der Waals surface area contributed by atoms with Crippen molar-refractivity contribution in [1.29, 1.82) is 0 Å². The van der Waals surface area contributed by atoms with E-state index in [-0.39, 0.29) is 5.97 Å². The van der Waals surface area contributed by atoms with Crippen LogP contribution in [0.15, 0.2) is 0 Å². The third-order valence-electron chi connectivity index (χ3n) is 3.64. The molecule has 3 nitrogen and oxygen atoms in total. The van der Waals surface area contributed by atoms with E-state index in [1.165, 1.54) is 51.4 Å². The molecule has 0 aliphatic heterocycles. The Hall–Kier alpha value is -0.570. The predicted octanol–water partition coefficient (Wildman–Crippen LogP) is 4.16. The van der Waals surface area contributed by atoms with Crippen molar-refractivity contribution in [3.8, 4) is 0 Å². The molecule has 0 aliphatic carbocycles. The van der Waals surface area contributed by atoms with Crippen molar-refractivity contribution in [2.24, 2.45) is 0 Å². The van der Waals surface area contributed by atoms with Crippen LogP contribution in [0.5, 0.6) is 0 Å². The minimum absolute atomic E-state index is 0.0589. The van der Waals surface area contributed by atoms with Gasteiger partial charge in [0.25, 0.3) is 0 Å². The summed E-state index contributed by atoms with van der Waals surface area (Å²) >= 11 is 0. The third-order valence-corrected chi connectivity index (χ3v) is 3.64. The SMILES string of the molecule is CCCCCCCCCC[N+](C)(C)CC(=O)OCCC. The Kier molecular flexibility index (Phi) is 11.8. The van der Waals surface area contributed by atoms with Gasteiger partial charge in [-0.05, 0) is 19.3 Å². The normalized spacial score (nSPS) is 11.6. The van der Waals surface area contributed by atoms with Crippen LogP contribution >= 0.6 is 0 Å². The van der Waals surface area contributed by atoms with Gasteiger partial charge in [0.05, 0.1) is 27.2 Å². The Morgan fingerprint density at radius 3 is 1.95 bits per heavy atom. The molecule has 0 rings (SSSR count). The first-order valence-electron chi connectivity index (χ1n) is 8.49. The van der Waals surface area contributed by atoms with Gasteiger partial charge in [0.15, 0.2) is 6.54 Å². The van der Waals surface area contributed by atoms with Gasteiger partial charge >= 0.3 is 5.97 Å². The van der Waals surface area contributed by atoms with E-state index in [4.69, 9.17) is 4.74 Å². The van der Waals surface area contributed by atoms with Gasteiger partial charge in [0.2, 0.25) is 0 Å². The van der Waals surface area contributed by atoms with Gasteiger partial charge in [-0.15, -0.1) is 0 Å². The van der Waals surface area contributed by atoms with Crippen molar-refractivity contribution in [3.05, 3.63) is 0 Å². The molecule has 0 radical (unpaired) electrons. The predicted molar refractivity (Wildman–Crippen MR) is 85.7 cm³/mol. The maximum absolute atomic E-state index is 11.6. The highest BCUT2D eigenvalue weighted by atomic mass is 16.5. The summed E-state index contributed by atoms with van der Waals surface area (Å²) in [6.07, 6.45) is 11.6. The summed E-state index contributed by atoms with van der Waals surface area (Å²) in [4.78, 5) is 11.6. The van der Waals surface area contributed by atoms with Crippen LogP contribution in [0.1, 0.15) is 71.6 Å². The summed E-state index contributed by atoms with van der Waals surface area (Å²) in [5.74, 6) is -0.0589. The van der Waals surface area contributed by atoms with Crippen LogP contribution in [0.4, 0.5) is 0 Å². The van der Waals surface area contributed by atoms with E-state index in [0.717, 1.165) is 17.4 Å². The van der Waals surface area contributed by atoms with Crippen molar-refractivity contribution >= 4 is 5.97 Å². The molecule has 0 aromatic heterocycles. The molecule has 0 saturated carbocycles. The molecule has 0 saturated heterocycles. The lowest BCUT2D eigenvalue weighted by molar-refractivity contribution is -0.883. The van der Waals surface area contributed by atoms with Crippen molar-refractivity contribution in [2.45, 2.75) is 71.6 Å². The van der Waals surface area contributed by atoms with Crippen LogP contribution in [0, 0.1) is 0 Å². The van der Waals surface area contributed by atoms with Gasteiger partial charge < -0.3 is 9.22 Å². The second-order valence-corrected chi connectivity index (χ2v) is 6.51. The Balaban J connectivity index is 3.54. The number of unbranched alkanes of at least 4 members (excludes halogenated alkanes) is 7. The van der Waals surface area contributed by atoms with Crippen molar-refractivity contribution in [1.82, 2.24) is 0 Å². The van der Waals surface area contributed by atoms with Crippen LogP contribution in [-0.4, -0.2) is 44.2 Å². The summed E-state index contributed by atoms with van der Waals surface area (Å²) in [6.45, 7) is 6.39. The lowest BCUT2D eigenvalue weighted by Crippen LogP contribution is -2.45. The van der Waals surface area contributed by atoms with Crippen molar-refractivity contribution < 1.29 is 14.0 Å². The summed E-state index contributed by atoms with van der Waals surface area (Å²) < 4.78 is 5.90. The van der Waals surface area contributed by atoms with Gasteiger partial charge in [0, 0.05) is 0 Å². The first-order valence-corrected chi connectivity index (χ1v) is 8.49. The first-order chi connectivity index (χ1) is 9.52. The Morgan fingerprint density at radius 1 is 0.850 bits per heavy atom. The molecule has 120 valence electrons. The lowest BCUT2D eigenvalue weighted by atomic mass is 10.1. The van der Waals surface area contributed by atoms with E-state index in [0.29, 0.717) is 13.2 Å².